The van der Waals surface area contributed by atoms with Gasteiger partial charge in [0.25, 0.3) is 0 Å². The molecule has 0 bridgehead atoms. The largest absolute Gasteiger partial charge is 0.354 e. The number of hydrogen-bond acceptors (Lipinski definition) is 5. The van der Waals surface area contributed by atoms with Gasteiger partial charge < -0.3 is 15.5 Å². The number of rotatable bonds is 4. The molecular formula is C12H18BrN5O. The highest BCUT2D eigenvalue weighted by atomic mass is 79.9. The number of carbonyl (C=O) groups excluding carboxylic acids is 1. The summed E-state index contributed by atoms with van der Waals surface area (Å²) in [7, 11) is 0. The topological polar surface area (TPSA) is 70.2 Å². The Morgan fingerprint density at radius 1 is 1.63 bits per heavy atom. The van der Waals surface area contributed by atoms with Gasteiger partial charge in [0.1, 0.15) is 5.82 Å². The van der Waals surface area contributed by atoms with Crippen LogP contribution in [0.1, 0.15) is 20.3 Å². The van der Waals surface area contributed by atoms with Crippen LogP contribution < -0.4 is 15.5 Å². The van der Waals surface area contributed by atoms with Gasteiger partial charge in [-0.05, 0) is 29.3 Å². The molecular weight excluding hydrogens is 310 g/mol. The van der Waals surface area contributed by atoms with E-state index in [1.165, 1.54) is 0 Å². The van der Waals surface area contributed by atoms with Gasteiger partial charge in [-0.2, -0.15) is 4.98 Å². The van der Waals surface area contributed by atoms with Crippen LogP contribution in [0.25, 0.3) is 0 Å². The van der Waals surface area contributed by atoms with Gasteiger partial charge in [-0.25, -0.2) is 4.98 Å². The van der Waals surface area contributed by atoms with Crippen molar-refractivity contribution in [1.29, 1.82) is 0 Å². The summed E-state index contributed by atoms with van der Waals surface area (Å²) in [6.07, 6.45) is 2.69. The predicted molar refractivity (Wildman–Crippen MR) is 78.3 cm³/mol. The maximum absolute atomic E-state index is 11.1. The molecule has 2 heterocycles. The first-order valence-corrected chi connectivity index (χ1v) is 7.18. The van der Waals surface area contributed by atoms with Crippen LogP contribution in [0.3, 0.4) is 0 Å². The predicted octanol–water partition coefficient (Wildman–Crippen LogP) is 1.39. The molecule has 0 saturated carbocycles. The Bertz CT molecular complexity index is 467. The molecule has 0 aliphatic carbocycles. The third kappa shape index (κ3) is 3.56. The molecule has 2 N–H and O–H groups in total. The quantitative estimate of drug-likeness (QED) is 0.874. The second-order valence-electron chi connectivity index (χ2n) is 4.53. The minimum Gasteiger partial charge on any atom is -0.354 e. The molecule has 1 amide bonds. The average molecular weight is 328 g/mol. The molecule has 7 heteroatoms. The standard InChI is InChI=1S/C12H18BrN5O/c1-3-14-12-15-6-10(13)11(17-12)18-5-4-9(7-18)16-8(2)19/h6,9H,3-5,7H2,1-2H3,(H,16,19)(H,14,15,17). The van der Waals surface area contributed by atoms with Gasteiger partial charge in [-0.15, -0.1) is 0 Å². The summed E-state index contributed by atoms with van der Waals surface area (Å²) in [6.45, 7) is 6.00. The number of halogens is 1. The highest BCUT2D eigenvalue weighted by Crippen LogP contribution is 2.27. The molecule has 1 aliphatic rings. The van der Waals surface area contributed by atoms with E-state index in [2.05, 4.69) is 41.4 Å². The minimum absolute atomic E-state index is 0.0157. The molecule has 6 nitrogen and oxygen atoms in total. The summed E-state index contributed by atoms with van der Waals surface area (Å²) in [4.78, 5) is 21.9. The third-order valence-electron chi connectivity index (χ3n) is 2.96. The van der Waals surface area contributed by atoms with Crippen LogP contribution in [0.4, 0.5) is 11.8 Å². The normalized spacial score (nSPS) is 18.5. The van der Waals surface area contributed by atoms with E-state index in [4.69, 9.17) is 0 Å². The number of nitrogens with one attached hydrogen (secondary N) is 2. The van der Waals surface area contributed by atoms with Crippen LogP contribution in [0, 0.1) is 0 Å². The number of nitrogens with zero attached hydrogens (tertiary/aromatic N) is 3. The first-order chi connectivity index (χ1) is 9.10. The highest BCUT2D eigenvalue weighted by molar-refractivity contribution is 9.10. The van der Waals surface area contributed by atoms with Crippen molar-refractivity contribution in [3.63, 3.8) is 0 Å². The molecule has 19 heavy (non-hydrogen) atoms. The molecule has 1 atom stereocenters. The summed E-state index contributed by atoms with van der Waals surface area (Å²) in [5, 5.41) is 6.05. The Morgan fingerprint density at radius 2 is 2.42 bits per heavy atom. The maximum Gasteiger partial charge on any atom is 0.224 e. The average Bonchev–Trinajstić information content (AvgIpc) is 2.79. The molecule has 1 aliphatic heterocycles. The van der Waals surface area contributed by atoms with Crippen molar-refractivity contribution in [1.82, 2.24) is 15.3 Å². The fourth-order valence-corrected chi connectivity index (χ4v) is 2.62. The lowest BCUT2D eigenvalue weighted by molar-refractivity contribution is -0.119. The zero-order valence-corrected chi connectivity index (χ0v) is 12.7. The van der Waals surface area contributed by atoms with E-state index in [0.29, 0.717) is 5.95 Å². The van der Waals surface area contributed by atoms with E-state index in [-0.39, 0.29) is 11.9 Å². The second kappa shape index (κ2) is 6.18. The van der Waals surface area contributed by atoms with E-state index in [0.717, 1.165) is 36.3 Å². The number of amides is 1. The molecule has 1 unspecified atom stereocenters. The van der Waals surface area contributed by atoms with Crippen LogP contribution in [-0.2, 0) is 4.79 Å². The van der Waals surface area contributed by atoms with E-state index in [1.54, 1.807) is 13.1 Å². The van der Waals surface area contributed by atoms with Crippen LogP contribution in [-0.4, -0.2) is 41.6 Å². The van der Waals surface area contributed by atoms with Crippen LogP contribution in [0.2, 0.25) is 0 Å². The van der Waals surface area contributed by atoms with E-state index >= 15 is 0 Å². The second-order valence-corrected chi connectivity index (χ2v) is 5.38. The van der Waals surface area contributed by atoms with E-state index < -0.39 is 0 Å². The molecule has 2 rings (SSSR count). The van der Waals surface area contributed by atoms with E-state index in [9.17, 15) is 4.79 Å². The highest BCUT2D eigenvalue weighted by Gasteiger charge is 2.25. The first kappa shape index (κ1) is 14.0. The lowest BCUT2D eigenvalue weighted by atomic mass is 10.3. The van der Waals surface area contributed by atoms with Crippen molar-refractivity contribution in [2.45, 2.75) is 26.3 Å². The molecule has 1 aromatic rings. The van der Waals surface area contributed by atoms with Crippen molar-refractivity contribution in [3.05, 3.63) is 10.7 Å². The Morgan fingerprint density at radius 3 is 3.11 bits per heavy atom. The number of anilines is 2. The molecule has 0 radical (unpaired) electrons. The lowest BCUT2D eigenvalue weighted by Gasteiger charge is -2.19. The third-order valence-corrected chi connectivity index (χ3v) is 3.52. The first-order valence-electron chi connectivity index (χ1n) is 6.38. The SMILES string of the molecule is CCNc1ncc(Br)c(N2CCC(NC(C)=O)C2)n1. The van der Waals surface area contributed by atoms with Crippen LogP contribution in [0.5, 0.6) is 0 Å². The van der Waals surface area contributed by atoms with Gasteiger partial charge >= 0.3 is 0 Å². The van der Waals surface area contributed by atoms with Crippen molar-refractivity contribution < 1.29 is 4.79 Å². The Balaban J connectivity index is 2.09. The molecule has 1 aromatic heterocycles. The van der Waals surface area contributed by atoms with Crippen molar-refractivity contribution in [2.75, 3.05) is 29.9 Å². The van der Waals surface area contributed by atoms with Crippen molar-refractivity contribution in [3.8, 4) is 0 Å². The van der Waals surface area contributed by atoms with Crippen LogP contribution >= 0.6 is 15.9 Å². The van der Waals surface area contributed by atoms with Crippen molar-refractivity contribution in [2.24, 2.45) is 0 Å². The number of aromatic nitrogens is 2. The van der Waals surface area contributed by atoms with Gasteiger partial charge in [0.05, 0.1) is 4.47 Å². The zero-order chi connectivity index (χ0) is 13.8. The van der Waals surface area contributed by atoms with Gasteiger partial charge in [0, 0.05) is 38.8 Å². The molecule has 104 valence electrons. The molecule has 1 fully saturated rings. The van der Waals surface area contributed by atoms with Crippen molar-refractivity contribution >= 4 is 33.6 Å². The van der Waals surface area contributed by atoms with Gasteiger partial charge in [-0.3, -0.25) is 4.79 Å². The summed E-state index contributed by atoms with van der Waals surface area (Å²) < 4.78 is 0.873. The summed E-state index contributed by atoms with van der Waals surface area (Å²) in [5.41, 5.74) is 0. The summed E-state index contributed by atoms with van der Waals surface area (Å²) >= 11 is 3.48. The fraction of sp³-hybridized carbons (Fsp3) is 0.583. The van der Waals surface area contributed by atoms with Crippen LogP contribution in [0.15, 0.2) is 10.7 Å². The Labute approximate surface area is 121 Å². The lowest BCUT2D eigenvalue weighted by Crippen LogP contribution is -2.35. The molecule has 1 saturated heterocycles. The van der Waals surface area contributed by atoms with Gasteiger partial charge in [0.15, 0.2) is 0 Å². The summed E-state index contributed by atoms with van der Waals surface area (Å²) in [5.74, 6) is 1.52. The Kier molecular flexibility index (Phi) is 4.57. The fourth-order valence-electron chi connectivity index (χ4n) is 2.18. The molecule has 0 aromatic carbocycles. The molecule has 0 spiro atoms. The van der Waals surface area contributed by atoms with Gasteiger partial charge in [-0.1, -0.05) is 0 Å². The number of carbonyl (C=O) groups is 1. The number of hydrogen-bond donors (Lipinski definition) is 2. The Hall–Kier alpha value is -1.37. The van der Waals surface area contributed by atoms with E-state index in [1.807, 2.05) is 6.92 Å². The summed E-state index contributed by atoms with van der Waals surface area (Å²) in [6, 6.07) is 0.196. The van der Waals surface area contributed by atoms with Gasteiger partial charge in [0.2, 0.25) is 11.9 Å². The monoisotopic (exact) mass is 327 g/mol. The maximum atomic E-state index is 11.1. The zero-order valence-electron chi connectivity index (χ0n) is 11.1. The smallest absolute Gasteiger partial charge is 0.224 e. The minimum atomic E-state index is 0.0157.